The number of carbonyl (C=O) groups excluding carboxylic acids is 1. The molecule has 1 aliphatic heterocycles. The molecule has 2 aromatic rings. The van der Waals surface area contributed by atoms with Crippen molar-refractivity contribution in [1.82, 2.24) is 14.5 Å². The van der Waals surface area contributed by atoms with Crippen molar-refractivity contribution in [2.45, 2.75) is 19.1 Å². The second-order valence-corrected chi connectivity index (χ2v) is 4.65. The van der Waals surface area contributed by atoms with Crippen molar-refractivity contribution >= 4 is 5.91 Å². The number of rotatable bonds is 2. The molecule has 3 rings (SSSR count). The van der Waals surface area contributed by atoms with Gasteiger partial charge in [-0.2, -0.15) is 0 Å². The molecule has 0 fully saturated rings. The third-order valence-corrected chi connectivity index (χ3v) is 3.54. The maximum absolute atomic E-state index is 12.0. The summed E-state index contributed by atoms with van der Waals surface area (Å²) in [5, 5.41) is 0. The number of benzene rings is 1. The average molecular weight is 256 g/mol. The van der Waals surface area contributed by atoms with Crippen LogP contribution in [0.5, 0.6) is 0 Å². The van der Waals surface area contributed by atoms with E-state index in [-0.39, 0.29) is 18.5 Å². The minimum Gasteiger partial charge on any atom is -0.331 e. The van der Waals surface area contributed by atoms with Gasteiger partial charge >= 0.3 is 0 Å². The third-order valence-electron chi connectivity index (χ3n) is 3.54. The van der Waals surface area contributed by atoms with E-state index in [9.17, 15) is 4.79 Å². The molecule has 5 heteroatoms. The highest BCUT2D eigenvalue weighted by molar-refractivity contribution is 5.78. The Hall–Kier alpha value is -2.14. The van der Waals surface area contributed by atoms with Gasteiger partial charge in [0.1, 0.15) is 5.82 Å². The largest absolute Gasteiger partial charge is 0.331 e. The molecule has 19 heavy (non-hydrogen) atoms. The summed E-state index contributed by atoms with van der Waals surface area (Å²) in [6.07, 6.45) is 3.73. The lowest BCUT2D eigenvalue weighted by molar-refractivity contribution is -0.134. The van der Waals surface area contributed by atoms with E-state index in [1.807, 2.05) is 41.4 Å². The van der Waals surface area contributed by atoms with Crippen LogP contribution >= 0.6 is 0 Å². The van der Waals surface area contributed by atoms with E-state index in [2.05, 4.69) is 9.55 Å². The summed E-state index contributed by atoms with van der Waals surface area (Å²) in [5.41, 5.74) is 6.65. The fourth-order valence-electron chi connectivity index (χ4n) is 2.55. The van der Waals surface area contributed by atoms with Crippen LogP contribution in [0.15, 0.2) is 42.7 Å². The highest BCUT2D eigenvalue weighted by atomic mass is 16.2. The van der Waals surface area contributed by atoms with Gasteiger partial charge in [0.2, 0.25) is 5.91 Å². The zero-order valence-corrected chi connectivity index (χ0v) is 10.6. The van der Waals surface area contributed by atoms with Crippen LogP contribution in [0, 0.1) is 0 Å². The number of nitrogens with zero attached hydrogens (tertiary/aromatic N) is 3. The molecule has 0 saturated heterocycles. The summed E-state index contributed by atoms with van der Waals surface area (Å²) in [4.78, 5) is 18.1. The molecule has 1 aromatic heterocycles. The molecule has 1 aromatic carbocycles. The van der Waals surface area contributed by atoms with Gasteiger partial charge in [-0.3, -0.25) is 4.79 Å². The Bertz CT molecular complexity index is 578. The van der Waals surface area contributed by atoms with Gasteiger partial charge in [0.05, 0.1) is 19.1 Å². The number of hydrogen-bond donors (Lipinski definition) is 1. The number of amides is 1. The van der Waals surface area contributed by atoms with Crippen LogP contribution < -0.4 is 5.73 Å². The Morgan fingerprint density at radius 1 is 1.37 bits per heavy atom. The molecule has 98 valence electrons. The number of nitrogens with two attached hydrogens (primary N) is 1. The molecule has 1 atom stereocenters. The predicted octanol–water partition coefficient (Wildman–Crippen LogP) is 0.925. The van der Waals surface area contributed by atoms with Crippen LogP contribution in [-0.2, 0) is 17.9 Å². The Morgan fingerprint density at radius 2 is 2.16 bits per heavy atom. The first-order chi connectivity index (χ1) is 9.29. The van der Waals surface area contributed by atoms with E-state index < -0.39 is 0 Å². The van der Waals surface area contributed by atoms with Gasteiger partial charge in [0, 0.05) is 18.9 Å². The van der Waals surface area contributed by atoms with Gasteiger partial charge in [0.25, 0.3) is 0 Å². The van der Waals surface area contributed by atoms with Crippen LogP contribution in [0.4, 0.5) is 0 Å². The van der Waals surface area contributed by atoms with E-state index >= 15 is 0 Å². The maximum atomic E-state index is 12.0. The van der Waals surface area contributed by atoms with E-state index in [1.54, 1.807) is 6.20 Å². The summed E-state index contributed by atoms with van der Waals surface area (Å²) in [6.45, 7) is 1.28. The van der Waals surface area contributed by atoms with Crippen molar-refractivity contribution in [3.05, 3.63) is 54.1 Å². The molecule has 2 N–H and O–H groups in total. The third kappa shape index (κ3) is 2.13. The number of carbonyl (C=O) groups is 1. The Balaban J connectivity index is 1.98. The number of fused-ring (bicyclic) bond motifs is 1. The monoisotopic (exact) mass is 256 g/mol. The molecule has 0 bridgehead atoms. The van der Waals surface area contributed by atoms with Crippen molar-refractivity contribution in [3.63, 3.8) is 0 Å². The Labute approximate surface area is 111 Å². The maximum Gasteiger partial charge on any atom is 0.237 e. The molecule has 0 saturated carbocycles. The van der Waals surface area contributed by atoms with Crippen molar-refractivity contribution < 1.29 is 4.79 Å². The first kappa shape index (κ1) is 11.9. The molecular weight excluding hydrogens is 240 g/mol. The van der Waals surface area contributed by atoms with Crippen molar-refractivity contribution in [1.29, 1.82) is 0 Å². The molecule has 5 nitrogen and oxygen atoms in total. The summed E-state index contributed by atoms with van der Waals surface area (Å²) in [7, 11) is 0. The zero-order valence-electron chi connectivity index (χ0n) is 10.6. The quantitative estimate of drug-likeness (QED) is 0.869. The van der Waals surface area contributed by atoms with E-state index in [0.29, 0.717) is 6.54 Å². The van der Waals surface area contributed by atoms with Crippen LogP contribution in [0.25, 0.3) is 0 Å². The van der Waals surface area contributed by atoms with E-state index in [4.69, 9.17) is 5.73 Å². The molecule has 0 aliphatic carbocycles. The number of aromatic nitrogens is 2. The molecule has 0 unspecified atom stereocenters. The van der Waals surface area contributed by atoms with Crippen LogP contribution in [0.1, 0.15) is 17.4 Å². The minimum absolute atomic E-state index is 0.0268. The standard InChI is InChI=1S/C14H16N4O/c15-8-14(19)18-10-13-16-6-7-17(13)9-12(18)11-4-2-1-3-5-11/h1-7,12H,8-10,15H2/t12-/m1/s1. The van der Waals surface area contributed by atoms with Crippen molar-refractivity contribution in [3.8, 4) is 0 Å². The lowest BCUT2D eigenvalue weighted by Crippen LogP contribution is -2.43. The normalized spacial score (nSPS) is 18.2. The Morgan fingerprint density at radius 3 is 2.89 bits per heavy atom. The molecule has 0 spiro atoms. The topological polar surface area (TPSA) is 64.2 Å². The first-order valence-electron chi connectivity index (χ1n) is 6.34. The lowest BCUT2D eigenvalue weighted by atomic mass is 10.0. The molecule has 0 radical (unpaired) electrons. The van der Waals surface area contributed by atoms with Gasteiger partial charge in [-0.25, -0.2) is 4.98 Å². The molecular formula is C14H16N4O. The summed E-state index contributed by atoms with van der Waals surface area (Å²) in [6, 6.07) is 10.1. The smallest absolute Gasteiger partial charge is 0.237 e. The Kier molecular flexibility index (Phi) is 3.05. The van der Waals surface area contributed by atoms with E-state index in [0.717, 1.165) is 17.9 Å². The highest BCUT2D eigenvalue weighted by Crippen LogP contribution is 2.28. The summed E-state index contributed by atoms with van der Waals surface area (Å²) < 4.78 is 2.10. The number of hydrogen-bond acceptors (Lipinski definition) is 3. The van der Waals surface area contributed by atoms with Crippen LogP contribution in [-0.4, -0.2) is 26.9 Å². The SMILES string of the molecule is NCC(=O)N1Cc2nccn2C[C@@H]1c1ccccc1. The fourth-order valence-corrected chi connectivity index (χ4v) is 2.55. The second kappa shape index (κ2) is 4.85. The number of imidazole rings is 1. The van der Waals surface area contributed by atoms with Gasteiger partial charge in [0.15, 0.2) is 0 Å². The molecule has 2 heterocycles. The van der Waals surface area contributed by atoms with Crippen LogP contribution in [0.3, 0.4) is 0 Å². The van der Waals surface area contributed by atoms with Gasteiger partial charge in [-0.15, -0.1) is 0 Å². The van der Waals surface area contributed by atoms with Gasteiger partial charge < -0.3 is 15.2 Å². The average Bonchev–Trinajstić information content (AvgIpc) is 2.93. The lowest BCUT2D eigenvalue weighted by Gasteiger charge is -2.36. The summed E-state index contributed by atoms with van der Waals surface area (Å²) >= 11 is 0. The zero-order chi connectivity index (χ0) is 13.2. The summed E-state index contributed by atoms with van der Waals surface area (Å²) in [5.74, 6) is 0.872. The van der Waals surface area contributed by atoms with Gasteiger partial charge in [-0.05, 0) is 5.56 Å². The molecule has 1 amide bonds. The van der Waals surface area contributed by atoms with Crippen molar-refractivity contribution in [2.75, 3.05) is 6.54 Å². The fraction of sp³-hybridized carbons (Fsp3) is 0.286. The predicted molar refractivity (Wildman–Crippen MR) is 71.0 cm³/mol. The van der Waals surface area contributed by atoms with Gasteiger partial charge in [-0.1, -0.05) is 30.3 Å². The molecule has 1 aliphatic rings. The van der Waals surface area contributed by atoms with Crippen LogP contribution in [0.2, 0.25) is 0 Å². The second-order valence-electron chi connectivity index (χ2n) is 4.65. The van der Waals surface area contributed by atoms with Crippen molar-refractivity contribution in [2.24, 2.45) is 5.73 Å². The van der Waals surface area contributed by atoms with E-state index in [1.165, 1.54) is 0 Å². The minimum atomic E-state index is -0.0388. The highest BCUT2D eigenvalue weighted by Gasteiger charge is 2.30. The first-order valence-corrected chi connectivity index (χ1v) is 6.34.